The minimum absolute atomic E-state index is 0.120. The average Bonchev–Trinajstić information content (AvgIpc) is 3.25. The van der Waals surface area contributed by atoms with Gasteiger partial charge in [-0.15, -0.1) is 0 Å². The summed E-state index contributed by atoms with van der Waals surface area (Å²) in [5.74, 6) is -0.0186. The molecular formula is C16H24ClN3O2. The molecule has 0 spiro atoms. The van der Waals surface area contributed by atoms with E-state index in [2.05, 4.69) is 16.9 Å². The molecule has 0 bridgehead atoms. The van der Waals surface area contributed by atoms with Crippen molar-refractivity contribution in [1.29, 1.82) is 0 Å². The number of aromatic nitrogens is 2. The van der Waals surface area contributed by atoms with Gasteiger partial charge in [-0.05, 0) is 19.3 Å². The summed E-state index contributed by atoms with van der Waals surface area (Å²) in [6, 6.07) is 0. The third kappa shape index (κ3) is 4.65. The van der Waals surface area contributed by atoms with Crippen LogP contribution in [0.3, 0.4) is 0 Å². The summed E-state index contributed by atoms with van der Waals surface area (Å²) in [4.78, 5) is 20.4. The fourth-order valence-electron chi connectivity index (χ4n) is 2.22. The van der Waals surface area contributed by atoms with Crippen molar-refractivity contribution in [1.82, 2.24) is 9.97 Å². The Morgan fingerprint density at radius 3 is 2.68 bits per heavy atom. The molecule has 0 aromatic carbocycles. The Morgan fingerprint density at radius 2 is 2.00 bits per heavy atom. The number of nitrogens with zero attached hydrogens (tertiary/aromatic N) is 2. The molecule has 122 valence electrons. The van der Waals surface area contributed by atoms with Crippen molar-refractivity contribution in [3.63, 3.8) is 0 Å². The number of hydrogen-bond donors (Lipinski definition) is 1. The standard InChI is InChI=1S/C16H24ClN3O2/c1-2-3-4-5-6-7-10-22-14(21)13-12(17)11-19-15(20-13)16(18)8-9-16/h11H,2-10,18H2,1H3. The molecule has 22 heavy (non-hydrogen) atoms. The SMILES string of the molecule is CCCCCCCCOC(=O)c1nc(C2(N)CC2)ncc1Cl. The maximum Gasteiger partial charge on any atom is 0.358 e. The average molecular weight is 326 g/mol. The third-order valence-electron chi connectivity index (χ3n) is 3.90. The van der Waals surface area contributed by atoms with Crippen LogP contribution in [0.15, 0.2) is 6.20 Å². The zero-order valence-corrected chi connectivity index (χ0v) is 13.9. The first-order chi connectivity index (χ1) is 10.6. The van der Waals surface area contributed by atoms with E-state index in [9.17, 15) is 4.79 Å². The fraction of sp³-hybridized carbons (Fsp3) is 0.688. The van der Waals surface area contributed by atoms with E-state index < -0.39 is 11.5 Å². The molecule has 1 saturated carbocycles. The number of carbonyl (C=O) groups excluding carboxylic acids is 1. The molecule has 1 aromatic rings. The van der Waals surface area contributed by atoms with Gasteiger partial charge in [-0.3, -0.25) is 0 Å². The molecule has 6 heteroatoms. The molecule has 1 aliphatic rings. The molecule has 0 aliphatic heterocycles. The van der Waals surface area contributed by atoms with E-state index in [0.29, 0.717) is 12.4 Å². The highest BCUT2D eigenvalue weighted by Gasteiger charge is 2.43. The summed E-state index contributed by atoms with van der Waals surface area (Å²) < 4.78 is 5.25. The van der Waals surface area contributed by atoms with Crippen molar-refractivity contribution >= 4 is 17.6 Å². The number of carbonyl (C=O) groups is 1. The lowest BCUT2D eigenvalue weighted by atomic mass is 10.1. The van der Waals surface area contributed by atoms with Crippen molar-refractivity contribution in [2.45, 2.75) is 63.8 Å². The van der Waals surface area contributed by atoms with Crippen LogP contribution in [0.4, 0.5) is 0 Å². The molecule has 5 nitrogen and oxygen atoms in total. The summed E-state index contributed by atoms with van der Waals surface area (Å²) in [5, 5.41) is 0.209. The third-order valence-corrected chi connectivity index (χ3v) is 4.18. The quantitative estimate of drug-likeness (QED) is 0.554. The Kier molecular flexibility index (Phi) is 6.15. The van der Waals surface area contributed by atoms with Gasteiger partial charge in [-0.25, -0.2) is 14.8 Å². The predicted molar refractivity (Wildman–Crippen MR) is 85.8 cm³/mol. The second-order valence-corrected chi connectivity index (χ2v) is 6.36. The van der Waals surface area contributed by atoms with E-state index >= 15 is 0 Å². The summed E-state index contributed by atoms with van der Waals surface area (Å²) in [6.45, 7) is 2.59. The largest absolute Gasteiger partial charge is 0.461 e. The lowest BCUT2D eigenvalue weighted by Gasteiger charge is -2.10. The predicted octanol–water partition coefficient (Wildman–Crippen LogP) is 3.60. The molecule has 0 unspecified atom stereocenters. The molecule has 0 amide bonds. The highest BCUT2D eigenvalue weighted by Crippen LogP contribution is 2.40. The lowest BCUT2D eigenvalue weighted by Crippen LogP contribution is -2.24. The van der Waals surface area contributed by atoms with Gasteiger partial charge in [-0.2, -0.15) is 0 Å². The van der Waals surface area contributed by atoms with Crippen LogP contribution < -0.4 is 5.73 Å². The van der Waals surface area contributed by atoms with E-state index in [1.54, 1.807) is 0 Å². The molecule has 2 rings (SSSR count). The zero-order valence-electron chi connectivity index (χ0n) is 13.1. The number of hydrogen-bond acceptors (Lipinski definition) is 5. The first kappa shape index (κ1) is 17.2. The van der Waals surface area contributed by atoms with Gasteiger partial charge >= 0.3 is 5.97 Å². The van der Waals surface area contributed by atoms with Gasteiger partial charge in [-0.1, -0.05) is 50.6 Å². The molecule has 1 fully saturated rings. The summed E-state index contributed by atoms with van der Waals surface area (Å²) >= 11 is 5.99. The number of halogens is 1. The molecule has 1 heterocycles. The Balaban J connectivity index is 1.79. The molecule has 0 saturated heterocycles. The molecule has 1 aromatic heterocycles. The zero-order chi connectivity index (χ0) is 16.0. The van der Waals surface area contributed by atoms with E-state index in [1.807, 2.05) is 0 Å². The Bertz CT molecular complexity index is 518. The highest BCUT2D eigenvalue weighted by atomic mass is 35.5. The number of rotatable bonds is 9. The van der Waals surface area contributed by atoms with Crippen LogP contribution in [0.2, 0.25) is 5.02 Å². The number of unbranched alkanes of at least 4 members (excludes halogenated alkanes) is 5. The Morgan fingerprint density at radius 1 is 1.32 bits per heavy atom. The highest BCUT2D eigenvalue weighted by molar-refractivity contribution is 6.33. The van der Waals surface area contributed by atoms with E-state index in [-0.39, 0.29) is 10.7 Å². The summed E-state index contributed by atoms with van der Waals surface area (Å²) in [5.41, 5.74) is 5.68. The topological polar surface area (TPSA) is 78.1 Å². The van der Waals surface area contributed by atoms with Crippen molar-refractivity contribution in [2.24, 2.45) is 5.73 Å². The Labute approximate surface area is 136 Å². The smallest absolute Gasteiger partial charge is 0.358 e. The molecule has 1 aliphatic carbocycles. The van der Waals surface area contributed by atoms with Gasteiger partial charge in [0, 0.05) is 0 Å². The number of ether oxygens (including phenoxy) is 1. The number of nitrogens with two attached hydrogens (primary N) is 1. The van der Waals surface area contributed by atoms with Crippen LogP contribution in [0, 0.1) is 0 Å². The van der Waals surface area contributed by atoms with E-state index in [0.717, 1.165) is 25.7 Å². The summed E-state index contributed by atoms with van der Waals surface area (Å²) in [6.07, 6.45) is 9.95. The van der Waals surface area contributed by atoms with Gasteiger partial charge in [0.05, 0.1) is 23.4 Å². The van der Waals surface area contributed by atoms with Crippen molar-refractivity contribution in [3.05, 3.63) is 22.7 Å². The van der Waals surface area contributed by atoms with E-state index in [1.165, 1.54) is 31.9 Å². The second kappa shape index (κ2) is 7.88. The van der Waals surface area contributed by atoms with Crippen LogP contribution in [0.5, 0.6) is 0 Å². The maximum absolute atomic E-state index is 12.1. The molecule has 0 radical (unpaired) electrons. The molecule has 2 N–H and O–H groups in total. The number of esters is 1. The summed E-state index contributed by atoms with van der Waals surface area (Å²) in [7, 11) is 0. The maximum atomic E-state index is 12.1. The van der Waals surface area contributed by atoms with Crippen LogP contribution in [0.25, 0.3) is 0 Å². The first-order valence-corrected chi connectivity index (χ1v) is 8.43. The van der Waals surface area contributed by atoms with Gasteiger partial charge in [0.25, 0.3) is 0 Å². The van der Waals surface area contributed by atoms with E-state index in [4.69, 9.17) is 22.1 Å². The van der Waals surface area contributed by atoms with Crippen LogP contribution in [-0.4, -0.2) is 22.5 Å². The van der Waals surface area contributed by atoms with Gasteiger partial charge in [0.15, 0.2) is 5.69 Å². The van der Waals surface area contributed by atoms with Crippen LogP contribution in [0.1, 0.15) is 74.6 Å². The molecule has 0 atom stereocenters. The minimum Gasteiger partial charge on any atom is -0.461 e. The van der Waals surface area contributed by atoms with Gasteiger partial charge < -0.3 is 10.5 Å². The van der Waals surface area contributed by atoms with Crippen molar-refractivity contribution < 1.29 is 9.53 Å². The second-order valence-electron chi connectivity index (χ2n) is 5.95. The first-order valence-electron chi connectivity index (χ1n) is 8.06. The van der Waals surface area contributed by atoms with Crippen molar-refractivity contribution in [2.75, 3.05) is 6.61 Å². The van der Waals surface area contributed by atoms with Crippen LogP contribution in [-0.2, 0) is 10.3 Å². The molecular weight excluding hydrogens is 302 g/mol. The van der Waals surface area contributed by atoms with Crippen LogP contribution >= 0.6 is 11.6 Å². The van der Waals surface area contributed by atoms with Crippen molar-refractivity contribution in [3.8, 4) is 0 Å². The van der Waals surface area contributed by atoms with Gasteiger partial charge in [0.1, 0.15) is 5.82 Å². The van der Waals surface area contributed by atoms with Gasteiger partial charge in [0.2, 0.25) is 0 Å². The fourth-order valence-corrected chi connectivity index (χ4v) is 2.39. The Hall–Kier alpha value is -1.20. The lowest BCUT2D eigenvalue weighted by molar-refractivity contribution is 0.0490. The minimum atomic E-state index is -0.494. The normalized spacial score (nSPS) is 15.6. The monoisotopic (exact) mass is 325 g/mol.